The van der Waals surface area contributed by atoms with Crippen LogP contribution < -0.4 is 24.9 Å². The molecule has 1 spiro atoms. The van der Waals surface area contributed by atoms with Crippen molar-refractivity contribution in [3.63, 3.8) is 0 Å². The number of rotatable bonds is 11. The van der Waals surface area contributed by atoms with E-state index < -0.39 is 19.8 Å². The summed E-state index contributed by atoms with van der Waals surface area (Å²) in [5.41, 5.74) is 2.16. The first-order valence-electron chi connectivity index (χ1n) is 18.8. The topological polar surface area (TPSA) is 118 Å². The van der Waals surface area contributed by atoms with Crippen molar-refractivity contribution in [2.24, 2.45) is 5.92 Å². The molecule has 0 bridgehead atoms. The van der Waals surface area contributed by atoms with E-state index in [1.165, 1.54) is 5.19 Å². The summed E-state index contributed by atoms with van der Waals surface area (Å²) < 4.78 is 18.7. The summed E-state index contributed by atoms with van der Waals surface area (Å²) in [6, 6.07) is 28.3. The third kappa shape index (κ3) is 7.09. The highest BCUT2D eigenvalue weighted by molar-refractivity contribution is 9.10. The molecule has 0 aromatic heterocycles. The lowest BCUT2D eigenvalue weighted by Crippen LogP contribution is -2.52. The minimum atomic E-state index is -2.47. The predicted molar refractivity (Wildman–Crippen MR) is 219 cm³/mol. The average Bonchev–Trinajstić information content (AvgIpc) is 3.86. The summed E-state index contributed by atoms with van der Waals surface area (Å²) in [4.78, 5) is 45.8. The van der Waals surface area contributed by atoms with Crippen molar-refractivity contribution in [2.75, 3.05) is 37.6 Å². The molecule has 0 radical (unpaired) electrons. The Bertz CT molecular complexity index is 2060. The van der Waals surface area contributed by atoms with Gasteiger partial charge in [-0.25, -0.2) is 0 Å². The second kappa shape index (κ2) is 15.6. The smallest absolute Gasteiger partial charge is 0.264 e. The highest BCUT2D eigenvalue weighted by Crippen LogP contribution is 2.60. The van der Waals surface area contributed by atoms with Gasteiger partial charge in [0.2, 0.25) is 5.91 Å². The van der Waals surface area contributed by atoms with Crippen LogP contribution in [0.25, 0.3) is 0 Å². The molecule has 0 unspecified atom stereocenters. The minimum Gasteiger partial charge on any atom is -0.497 e. The Morgan fingerprint density at radius 1 is 0.964 bits per heavy atom. The molecule has 3 heterocycles. The number of likely N-dealkylation sites (tertiary alicyclic amines) is 1. The van der Waals surface area contributed by atoms with Crippen LogP contribution in [0, 0.1) is 5.92 Å². The Morgan fingerprint density at radius 2 is 1.62 bits per heavy atom. The maximum absolute atomic E-state index is 15.2. The molecule has 3 aliphatic heterocycles. The van der Waals surface area contributed by atoms with E-state index in [9.17, 15) is 14.7 Å². The number of halogens is 1. The number of hydrogen-bond donors (Lipinski definition) is 2. The number of aliphatic hydroxyl groups is 1. The zero-order chi connectivity index (χ0) is 39.1. The van der Waals surface area contributed by atoms with Gasteiger partial charge in [0, 0.05) is 33.7 Å². The number of fused-ring (bicyclic) bond motifs is 2. The molecule has 3 amide bonds. The standard InChI is InChI=1S/C43H48BrN3O7Si/c1-27-40(55(4,5)35-19-17-34(53-3)18-20-35)38(24-39(49)46-22-6-7-32(46)26-48)54-43(27)36-23-30(44)12-21-37(36)47(42(43)51)25-28-8-13-31(14-9-28)45-41(50)29-10-15-33(52-2)16-11-29/h8-21,23,27,32,38,40,48H,6-7,22,24-26H2,1-5H3,(H,45,50)/t27-,32+,38+,40-,43+/m1/s1. The number of nitrogens with zero attached hydrogens (tertiary/aromatic N) is 2. The zero-order valence-corrected chi connectivity index (χ0v) is 34.5. The van der Waals surface area contributed by atoms with E-state index >= 15 is 4.79 Å². The minimum absolute atomic E-state index is 0.0497. The number of anilines is 2. The van der Waals surface area contributed by atoms with Crippen molar-refractivity contribution >= 4 is 58.3 Å². The first kappa shape index (κ1) is 38.8. The lowest BCUT2D eigenvalue weighted by atomic mass is 9.82. The van der Waals surface area contributed by atoms with Crippen LogP contribution in [0.5, 0.6) is 11.5 Å². The van der Waals surface area contributed by atoms with Crippen LogP contribution in [0.3, 0.4) is 0 Å². The van der Waals surface area contributed by atoms with Gasteiger partial charge in [0.05, 0.1) is 59.7 Å². The SMILES string of the molecule is COc1ccc(C(=O)Nc2ccc(CN3C(=O)[C@@]4(O[C@@H](CC(=O)N5CCC[C@H]5CO)[C@H]([Si](C)(C)c5ccc(OC)cc5)[C@H]4C)c4cc(Br)ccc43)cc2)cc1. The Balaban J connectivity index is 1.20. The quantitative estimate of drug-likeness (QED) is 0.159. The first-order chi connectivity index (χ1) is 26.4. The van der Waals surface area contributed by atoms with Crippen molar-refractivity contribution in [3.8, 4) is 11.5 Å². The molecule has 0 aliphatic carbocycles. The predicted octanol–water partition coefficient (Wildman–Crippen LogP) is 6.85. The Kier molecular flexibility index (Phi) is 11.0. The molecule has 4 aromatic carbocycles. The lowest BCUT2D eigenvalue weighted by Gasteiger charge is -2.37. The van der Waals surface area contributed by atoms with Gasteiger partial charge >= 0.3 is 0 Å². The molecule has 55 heavy (non-hydrogen) atoms. The summed E-state index contributed by atoms with van der Waals surface area (Å²) in [7, 11) is 0.764. The van der Waals surface area contributed by atoms with Crippen LogP contribution in [-0.4, -0.2) is 75.3 Å². The number of nitrogens with one attached hydrogen (secondary N) is 1. The van der Waals surface area contributed by atoms with E-state index in [1.54, 1.807) is 48.3 Å². The van der Waals surface area contributed by atoms with Crippen LogP contribution in [-0.2, 0) is 26.5 Å². The number of carbonyl (C=O) groups is 3. The van der Waals surface area contributed by atoms with Gasteiger partial charge in [0.15, 0.2) is 5.60 Å². The van der Waals surface area contributed by atoms with Gasteiger partial charge in [-0.2, -0.15) is 0 Å². The van der Waals surface area contributed by atoms with E-state index in [4.69, 9.17) is 14.2 Å². The summed E-state index contributed by atoms with van der Waals surface area (Å²) in [5, 5.41) is 14.2. The highest BCUT2D eigenvalue weighted by Gasteiger charge is 2.66. The second-order valence-electron chi connectivity index (χ2n) is 15.4. The molecular weight excluding hydrogens is 778 g/mol. The highest BCUT2D eigenvalue weighted by atomic mass is 79.9. The maximum Gasteiger partial charge on any atom is 0.264 e. The van der Waals surface area contributed by atoms with Crippen molar-refractivity contribution < 1.29 is 33.7 Å². The summed E-state index contributed by atoms with van der Waals surface area (Å²) in [5.74, 6) is 0.725. The van der Waals surface area contributed by atoms with Crippen LogP contribution in [0.1, 0.15) is 47.7 Å². The second-order valence-corrected chi connectivity index (χ2v) is 21.0. The fourth-order valence-electron chi connectivity index (χ4n) is 9.11. The number of methoxy groups -OCH3 is 2. The fourth-order valence-corrected chi connectivity index (χ4v) is 13.5. The van der Waals surface area contributed by atoms with Crippen LogP contribution in [0.15, 0.2) is 95.5 Å². The molecule has 10 nitrogen and oxygen atoms in total. The van der Waals surface area contributed by atoms with Crippen molar-refractivity contribution in [1.82, 2.24) is 4.90 Å². The molecule has 12 heteroatoms. The van der Waals surface area contributed by atoms with Crippen molar-refractivity contribution in [3.05, 3.63) is 112 Å². The first-order valence-corrected chi connectivity index (χ1v) is 22.7. The van der Waals surface area contributed by atoms with E-state index in [0.717, 1.165) is 39.9 Å². The monoisotopic (exact) mass is 825 g/mol. The molecule has 4 aromatic rings. The van der Waals surface area contributed by atoms with E-state index in [-0.39, 0.29) is 54.8 Å². The van der Waals surface area contributed by atoms with Crippen LogP contribution in [0.2, 0.25) is 18.6 Å². The summed E-state index contributed by atoms with van der Waals surface area (Å²) in [6.07, 6.45) is 1.22. The number of hydrogen-bond acceptors (Lipinski definition) is 7. The molecule has 2 N–H and O–H groups in total. The van der Waals surface area contributed by atoms with E-state index in [2.05, 4.69) is 53.4 Å². The van der Waals surface area contributed by atoms with Gasteiger partial charge in [-0.15, -0.1) is 0 Å². The Labute approximate surface area is 331 Å². The average molecular weight is 827 g/mol. The van der Waals surface area contributed by atoms with Gasteiger partial charge in [-0.05, 0) is 90.7 Å². The number of aliphatic hydroxyl groups excluding tert-OH is 1. The molecule has 7 rings (SSSR count). The van der Waals surface area contributed by atoms with Gasteiger partial charge in [0.25, 0.3) is 11.8 Å². The van der Waals surface area contributed by atoms with Gasteiger partial charge in [-0.1, -0.05) is 65.4 Å². The van der Waals surface area contributed by atoms with Crippen molar-refractivity contribution in [2.45, 2.75) is 69.1 Å². The fraction of sp³-hybridized carbons (Fsp3) is 0.372. The Hall–Kier alpha value is -4.49. The lowest BCUT2D eigenvalue weighted by molar-refractivity contribution is -0.150. The summed E-state index contributed by atoms with van der Waals surface area (Å²) in [6.45, 7) is 7.54. The normalized spacial score (nSPS) is 23.3. The maximum atomic E-state index is 15.2. The van der Waals surface area contributed by atoms with Crippen molar-refractivity contribution in [1.29, 1.82) is 0 Å². The summed E-state index contributed by atoms with van der Waals surface area (Å²) >= 11 is 3.68. The zero-order valence-electron chi connectivity index (χ0n) is 31.9. The van der Waals surface area contributed by atoms with Crippen LogP contribution >= 0.6 is 15.9 Å². The number of carbonyl (C=O) groups excluding carboxylic acids is 3. The number of amides is 3. The molecule has 2 saturated heterocycles. The Morgan fingerprint density at radius 3 is 2.25 bits per heavy atom. The van der Waals surface area contributed by atoms with Gasteiger partial charge < -0.3 is 34.4 Å². The van der Waals surface area contributed by atoms with Crippen LogP contribution in [0.4, 0.5) is 11.4 Å². The molecule has 2 fully saturated rings. The largest absolute Gasteiger partial charge is 0.497 e. The third-order valence-electron chi connectivity index (χ3n) is 12.0. The number of ether oxygens (including phenoxy) is 3. The van der Waals surface area contributed by atoms with E-state index in [1.807, 2.05) is 54.6 Å². The molecular formula is C43H48BrN3O7Si. The molecule has 3 aliphatic rings. The molecule has 288 valence electrons. The van der Waals surface area contributed by atoms with Gasteiger partial charge in [-0.3, -0.25) is 14.4 Å². The molecule has 0 saturated carbocycles. The van der Waals surface area contributed by atoms with Gasteiger partial charge in [0.1, 0.15) is 11.5 Å². The number of benzene rings is 4. The molecule has 5 atom stereocenters. The van der Waals surface area contributed by atoms with E-state index in [0.29, 0.717) is 23.5 Å². The third-order valence-corrected chi connectivity index (χ3v) is 16.8.